The van der Waals surface area contributed by atoms with Crippen LogP contribution in [0.25, 0.3) is 0 Å². The largest absolute Gasteiger partial charge is 0.339 e. The van der Waals surface area contributed by atoms with Gasteiger partial charge in [0.2, 0.25) is 15.9 Å². The summed E-state index contributed by atoms with van der Waals surface area (Å²) in [7, 11) is -3.59. The maximum atomic E-state index is 12.8. The van der Waals surface area contributed by atoms with Crippen LogP contribution in [-0.4, -0.2) is 38.4 Å². The molecule has 0 aromatic heterocycles. The number of hydrogen-bond acceptors (Lipinski definition) is 3. The highest BCUT2D eigenvalue weighted by atomic mass is 32.2. The first-order valence-electron chi connectivity index (χ1n) is 9.57. The second kappa shape index (κ2) is 9.00. The van der Waals surface area contributed by atoms with Crippen LogP contribution in [0.15, 0.2) is 17.0 Å². The van der Waals surface area contributed by atoms with Gasteiger partial charge in [-0.1, -0.05) is 43.4 Å². The van der Waals surface area contributed by atoms with Crippen molar-refractivity contribution in [2.24, 2.45) is 0 Å². The van der Waals surface area contributed by atoms with Crippen molar-refractivity contribution in [1.29, 1.82) is 0 Å². The van der Waals surface area contributed by atoms with Gasteiger partial charge < -0.3 is 4.90 Å². The molecule has 1 amide bonds. The molecule has 1 aromatic carbocycles. The van der Waals surface area contributed by atoms with E-state index in [2.05, 4.69) is 4.72 Å². The molecule has 1 aliphatic rings. The molecular weight excluding hydrogens is 348 g/mol. The number of hydrogen-bond donors (Lipinski definition) is 1. The van der Waals surface area contributed by atoms with E-state index in [0.717, 1.165) is 42.4 Å². The third-order valence-corrected chi connectivity index (χ3v) is 6.95. The van der Waals surface area contributed by atoms with Crippen molar-refractivity contribution in [3.8, 4) is 0 Å². The van der Waals surface area contributed by atoms with Crippen LogP contribution in [0.2, 0.25) is 0 Å². The Morgan fingerprint density at radius 2 is 1.62 bits per heavy atom. The zero-order valence-corrected chi connectivity index (χ0v) is 17.3. The minimum Gasteiger partial charge on any atom is -0.339 e. The molecule has 0 atom stereocenters. The second-order valence-corrected chi connectivity index (χ2v) is 9.19. The van der Waals surface area contributed by atoms with Gasteiger partial charge in [0.15, 0.2) is 0 Å². The Balaban J connectivity index is 2.05. The molecule has 0 saturated heterocycles. The summed E-state index contributed by atoms with van der Waals surface area (Å²) in [4.78, 5) is 14.3. The summed E-state index contributed by atoms with van der Waals surface area (Å²) in [5.41, 5.74) is 2.56. The number of amides is 1. The average Bonchev–Trinajstić information content (AvgIpc) is 2.78. The second-order valence-electron chi connectivity index (χ2n) is 7.48. The Morgan fingerprint density at radius 3 is 2.12 bits per heavy atom. The average molecular weight is 381 g/mol. The van der Waals surface area contributed by atoms with Gasteiger partial charge in [-0.3, -0.25) is 4.79 Å². The van der Waals surface area contributed by atoms with Gasteiger partial charge in [-0.2, -0.15) is 0 Å². The molecule has 2 rings (SSSR count). The van der Waals surface area contributed by atoms with Gasteiger partial charge in [-0.05, 0) is 44.7 Å². The van der Waals surface area contributed by atoms with Gasteiger partial charge in [0, 0.05) is 26.1 Å². The van der Waals surface area contributed by atoms with Crippen molar-refractivity contribution in [2.75, 3.05) is 13.1 Å². The number of nitrogens with one attached hydrogen (secondary N) is 1. The third kappa shape index (κ3) is 5.30. The van der Waals surface area contributed by atoms with E-state index in [4.69, 9.17) is 0 Å². The number of carbonyl (C=O) groups excluding carboxylic acids is 1. The van der Waals surface area contributed by atoms with Crippen LogP contribution in [0.5, 0.6) is 0 Å². The van der Waals surface area contributed by atoms with E-state index in [1.54, 1.807) is 6.92 Å². The van der Waals surface area contributed by atoms with Crippen LogP contribution in [0.3, 0.4) is 0 Å². The number of sulfonamides is 1. The van der Waals surface area contributed by atoms with Crippen molar-refractivity contribution < 1.29 is 13.2 Å². The van der Waals surface area contributed by atoms with Gasteiger partial charge in [0.1, 0.15) is 0 Å². The smallest absolute Gasteiger partial charge is 0.241 e. The lowest BCUT2D eigenvalue weighted by atomic mass is 10.1. The summed E-state index contributed by atoms with van der Waals surface area (Å²) in [6, 6.07) is 4.01. The van der Waals surface area contributed by atoms with Gasteiger partial charge >= 0.3 is 0 Å². The van der Waals surface area contributed by atoms with E-state index < -0.39 is 10.0 Å². The third-order valence-electron chi connectivity index (χ3n) is 5.19. The summed E-state index contributed by atoms with van der Waals surface area (Å²) in [5.74, 6) is 0.0267. The first-order chi connectivity index (χ1) is 12.2. The molecule has 0 heterocycles. The molecule has 6 heteroatoms. The first-order valence-corrected chi connectivity index (χ1v) is 11.1. The molecule has 0 unspecified atom stereocenters. The number of nitrogens with zero attached hydrogens (tertiary/aromatic N) is 1. The number of carbonyl (C=O) groups is 1. The summed E-state index contributed by atoms with van der Waals surface area (Å²) in [5, 5.41) is 0. The predicted molar refractivity (Wildman–Crippen MR) is 105 cm³/mol. The van der Waals surface area contributed by atoms with Crippen LogP contribution in [0.4, 0.5) is 0 Å². The van der Waals surface area contributed by atoms with Crippen LogP contribution in [0, 0.1) is 20.8 Å². The summed E-state index contributed by atoms with van der Waals surface area (Å²) in [6.07, 6.45) is 6.76. The molecule has 0 bridgehead atoms. The van der Waals surface area contributed by atoms with E-state index in [9.17, 15) is 13.2 Å². The van der Waals surface area contributed by atoms with E-state index >= 15 is 0 Å². The molecule has 1 aromatic rings. The highest BCUT2D eigenvalue weighted by molar-refractivity contribution is 7.89. The Hall–Kier alpha value is -1.40. The minimum absolute atomic E-state index is 0.0267. The molecule has 26 heavy (non-hydrogen) atoms. The Labute approximate surface area is 158 Å². The normalized spacial score (nSPS) is 16.3. The summed E-state index contributed by atoms with van der Waals surface area (Å²) in [6.45, 7) is 7.84. The fraction of sp³-hybridized carbons (Fsp3) is 0.650. The van der Waals surface area contributed by atoms with Crippen molar-refractivity contribution in [1.82, 2.24) is 9.62 Å². The Kier molecular flexibility index (Phi) is 7.24. The molecule has 1 saturated carbocycles. The van der Waals surface area contributed by atoms with E-state index in [-0.39, 0.29) is 18.5 Å². The van der Waals surface area contributed by atoms with E-state index in [1.807, 2.05) is 37.8 Å². The molecule has 1 aliphatic carbocycles. The Bertz CT molecular complexity index is 712. The van der Waals surface area contributed by atoms with Crippen molar-refractivity contribution in [3.63, 3.8) is 0 Å². The lowest BCUT2D eigenvalue weighted by molar-refractivity contribution is -0.131. The SMILES string of the molecule is CC(=O)N(CCNS(=O)(=O)c1c(C)cc(C)cc1C)C1CCCCCC1. The van der Waals surface area contributed by atoms with Crippen LogP contribution in [-0.2, 0) is 14.8 Å². The molecule has 0 spiro atoms. The first kappa shape index (κ1) is 20.9. The van der Waals surface area contributed by atoms with Crippen LogP contribution < -0.4 is 4.72 Å². The molecule has 0 radical (unpaired) electrons. The predicted octanol–water partition coefficient (Wildman–Crippen LogP) is 3.46. The number of benzene rings is 1. The van der Waals surface area contributed by atoms with E-state index in [1.165, 1.54) is 12.8 Å². The molecular formula is C20H32N2O3S. The van der Waals surface area contributed by atoms with Crippen molar-refractivity contribution >= 4 is 15.9 Å². The topological polar surface area (TPSA) is 66.5 Å². The fourth-order valence-electron chi connectivity index (χ4n) is 4.13. The quantitative estimate of drug-likeness (QED) is 0.769. The van der Waals surface area contributed by atoms with Gasteiger partial charge in [0.05, 0.1) is 4.90 Å². The standard InChI is InChI=1S/C20H32N2O3S/c1-15-13-16(2)20(17(3)14-15)26(24,25)21-11-12-22(18(4)23)19-9-7-5-6-8-10-19/h13-14,19,21H,5-12H2,1-4H3. The maximum absolute atomic E-state index is 12.8. The lowest BCUT2D eigenvalue weighted by Gasteiger charge is -2.30. The molecule has 146 valence electrons. The zero-order chi connectivity index (χ0) is 19.3. The van der Waals surface area contributed by atoms with Crippen LogP contribution in [0.1, 0.15) is 62.1 Å². The fourth-order valence-corrected chi connectivity index (χ4v) is 5.60. The maximum Gasteiger partial charge on any atom is 0.241 e. The molecule has 1 N–H and O–H groups in total. The van der Waals surface area contributed by atoms with Crippen molar-refractivity contribution in [2.45, 2.75) is 77.2 Å². The Morgan fingerprint density at radius 1 is 1.08 bits per heavy atom. The molecule has 1 fully saturated rings. The number of aryl methyl sites for hydroxylation is 3. The summed E-state index contributed by atoms with van der Waals surface area (Å²) >= 11 is 0. The highest BCUT2D eigenvalue weighted by Gasteiger charge is 2.24. The minimum atomic E-state index is -3.59. The van der Waals surface area contributed by atoms with Crippen LogP contribution >= 0.6 is 0 Å². The van der Waals surface area contributed by atoms with E-state index in [0.29, 0.717) is 11.4 Å². The zero-order valence-electron chi connectivity index (χ0n) is 16.5. The lowest BCUT2D eigenvalue weighted by Crippen LogP contribution is -2.43. The van der Waals surface area contributed by atoms with Gasteiger partial charge in [-0.15, -0.1) is 0 Å². The molecule has 0 aliphatic heterocycles. The number of rotatable bonds is 6. The molecule has 5 nitrogen and oxygen atoms in total. The monoisotopic (exact) mass is 380 g/mol. The summed E-state index contributed by atoms with van der Waals surface area (Å²) < 4.78 is 28.2. The van der Waals surface area contributed by atoms with Crippen molar-refractivity contribution in [3.05, 3.63) is 28.8 Å². The van der Waals surface area contributed by atoms with Gasteiger partial charge in [0.25, 0.3) is 0 Å². The van der Waals surface area contributed by atoms with Gasteiger partial charge in [-0.25, -0.2) is 13.1 Å². The highest BCUT2D eigenvalue weighted by Crippen LogP contribution is 2.23.